The van der Waals surface area contributed by atoms with Crippen molar-refractivity contribution in [3.05, 3.63) is 36.4 Å². The summed E-state index contributed by atoms with van der Waals surface area (Å²) in [6.07, 6.45) is 1.54. The van der Waals surface area contributed by atoms with E-state index in [0.29, 0.717) is 26.2 Å². The van der Waals surface area contributed by atoms with Crippen molar-refractivity contribution in [3.8, 4) is 0 Å². The van der Waals surface area contributed by atoms with Crippen LogP contribution < -0.4 is 10.2 Å². The van der Waals surface area contributed by atoms with Gasteiger partial charge in [-0.1, -0.05) is 0 Å². The largest absolute Gasteiger partial charge is 0.368 e. The van der Waals surface area contributed by atoms with Gasteiger partial charge in [-0.25, -0.2) is 9.49 Å². The molecule has 0 spiro atoms. The maximum absolute atomic E-state index is 13.0. The van der Waals surface area contributed by atoms with Crippen LogP contribution in [0.5, 0.6) is 0 Å². The van der Waals surface area contributed by atoms with Crippen molar-refractivity contribution in [3.63, 3.8) is 0 Å². The minimum Gasteiger partial charge on any atom is -0.368 e. The molecule has 2 N–H and O–H groups in total. The molecule has 0 atom stereocenters. The van der Waals surface area contributed by atoms with Crippen LogP contribution in [0.1, 0.15) is 12.8 Å². The Bertz CT molecular complexity index is 711. The first kappa shape index (κ1) is 16.9. The third-order valence-corrected chi connectivity index (χ3v) is 4.06. The average molecular weight is 346 g/mol. The number of aromatic amines is 1. The number of halogens is 1. The fourth-order valence-electron chi connectivity index (χ4n) is 2.70. The van der Waals surface area contributed by atoms with Gasteiger partial charge in [-0.2, -0.15) is 10.1 Å². The topological polar surface area (TPSA) is 94.2 Å². The number of carbonyl (C=O) groups is 2. The van der Waals surface area contributed by atoms with Gasteiger partial charge in [-0.05, 0) is 24.3 Å². The summed E-state index contributed by atoms with van der Waals surface area (Å²) >= 11 is 0. The Kier molecular flexibility index (Phi) is 5.22. The monoisotopic (exact) mass is 346 g/mol. The van der Waals surface area contributed by atoms with Crippen LogP contribution in [0.4, 0.5) is 16.0 Å². The summed E-state index contributed by atoms with van der Waals surface area (Å²) in [5.41, 5.74) is 0.944. The first-order chi connectivity index (χ1) is 12.1. The molecule has 0 aliphatic carbocycles. The van der Waals surface area contributed by atoms with Crippen molar-refractivity contribution in [2.75, 3.05) is 36.4 Å². The number of piperazine rings is 1. The zero-order valence-electron chi connectivity index (χ0n) is 13.6. The predicted octanol–water partition coefficient (Wildman–Crippen LogP) is 1.01. The molecule has 2 amide bonds. The van der Waals surface area contributed by atoms with Crippen LogP contribution in [0, 0.1) is 5.82 Å². The fourth-order valence-corrected chi connectivity index (χ4v) is 2.70. The lowest BCUT2D eigenvalue weighted by Crippen LogP contribution is -2.48. The number of hydrogen-bond donors (Lipinski definition) is 2. The van der Waals surface area contributed by atoms with Crippen molar-refractivity contribution >= 4 is 23.5 Å². The smallest absolute Gasteiger partial charge is 0.227 e. The van der Waals surface area contributed by atoms with Gasteiger partial charge in [-0.3, -0.25) is 14.9 Å². The molecule has 0 radical (unpaired) electrons. The minimum absolute atomic E-state index is 0.0496. The zero-order chi connectivity index (χ0) is 17.6. The van der Waals surface area contributed by atoms with Crippen LogP contribution in [-0.4, -0.2) is 58.1 Å². The highest BCUT2D eigenvalue weighted by atomic mass is 19.1. The van der Waals surface area contributed by atoms with E-state index in [4.69, 9.17) is 0 Å². The van der Waals surface area contributed by atoms with E-state index in [2.05, 4.69) is 25.4 Å². The molecule has 1 aliphatic heterocycles. The van der Waals surface area contributed by atoms with Crippen LogP contribution >= 0.6 is 0 Å². The molecule has 1 saturated heterocycles. The standard InChI is InChI=1S/C16H19FN6O2/c17-12-1-3-13(4-2-12)22-7-9-23(10-8-22)15(25)6-5-14(24)20-16-18-11-19-21-16/h1-4,11H,5-10H2,(H2,18,19,20,21,24). The molecule has 1 aromatic heterocycles. The molecule has 25 heavy (non-hydrogen) atoms. The van der Waals surface area contributed by atoms with E-state index >= 15 is 0 Å². The summed E-state index contributed by atoms with van der Waals surface area (Å²) in [5, 5.41) is 8.69. The Hall–Kier alpha value is -2.97. The maximum Gasteiger partial charge on any atom is 0.227 e. The predicted molar refractivity (Wildman–Crippen MR) is 89.4 cm³/mol. The molecular weight excluding hydrogens is 327 g/mol. The molecular formula is C16H19FN6O2. The van der Waals surface area contributed by atoms with Gasteiger partial charge in [0.25, 0.3) is 0 Å². The van der Waals surface area contributed by atoms with Crippen LogP contribution in [0.3, 0.4) is 0 Å². The van der Waals surface area contributed by atoms with Gasteiger partial charge in [0.15, 0.2) is 0 Å². The summed E-state index contributed by atoms with van der Waals surface area (Å²) in [6, 6.07) is 6.33. The van der Waals surface area contributed by atoms with Crippen LogP contribution in [0.25, 0.3) is 0 Å². The second-order valence-corrected chi connectivity index (χ2v) is 5.73. The van der Waals surface area contributed by atoms with E-state index < -0.39 is 0 Å². The highest BCUT2D eigenvalue weighted by Gasteiger charge is 2.21. The first-order valence-corrected chi connectivity index (χ1v) is 8.05. The van der Waals surface area contributed by atoms with Crippen LogP contribution in [0.2, 0.25) is 0 Å². The van der Waals surface area contributed by atoms with Gasteiger partial charge < -0.3 is 9.80 Å². The van der Waals surface area contributed by atoms with E-state index in [0.717, 1.165) is 5.69 Å². The maximum atomic E-state index is 13.0. The lowest BCUT2D eigenvalue weighted by Gasteiger charge is -2.36. The molecule has 1 aromatic carbocycles. The summed E-state index contributed by atoms with van der Waals surface area (Å²) in [4.78, 5) is 31.6. The minimum atomic E-state index is -0.282. The Morgan fingerprint density at radius 2 is 1.84 bits per heavy atom. The van der Waals surface area contributed by atoms with Gasteiger partial charge >= 0.3 is 0 Å². The number of nitrogens with zero attached hydrogens (tertiary/aromatic N) is 4. The second kappa shape index (κ2) is 7.73. The van der Waals surface area contributed by atoms with Crippen molar-refractivity contribution in [2.45, 2.75) is 12.8 Å². The van der Waals surface area contributed by atoms with Gasteiger partial charge in [0.05, 0.1) is 0 Å². The number of hydrogen-bond acceptors (Lipinski definition) is 5. The number of amides is 2. The van der Waals surface area contributed by atoms with Crippen LogP contribution in [0.15, 0.2) is 30.6 Å². The number of aromatic nitrogens is 3. The number of rotatable bonds is 5. The second-order valence-electron chi connectivity index (χ2n) is 5.73. The summed E-state index contributed by atoms with van der Waals surface area (Å²) < 4.78 is 13.0. The zero-order valence-corrected chi connectivity index (χ0v) is 13.6. The van der Waals surface area contributed by atoms with Crippen molar-refractivity contribution in [2.24, 2.45) is 0 Å². The normalized spacial score (nSPS) is 14.4. The first-order valence-electron chi connectivity index (χ1n) is 8.05. The molecule has 0 unspecified atom stereocenters. The molecule has 1 fully saturated rings. The number of benzene rings is 1. The quantitative estimate of drug-likeness (QED) is 0.843. The number of H-pyrrole nitrogens is 1. The van der Waals surface area contributed by atoms with E-state index in [1.165, 1.54) is 18.5 Å². The number of carbonyl (C=O) groups excluding carboxylic acids is 2. The highest BCUT2D eigenvalue weighted by Crippen LogP contribution is 2.17. The third-order valence-electron chi connectivity index (χ3n) is 4.06. The van der Waals surface area contributed by atoms with E-state index in [-0.39, 0.29) is 36.4 Å². The van der Waals surface area contributed by atoms with E-state index in [1.807, 2.05) is 0 Å². The molecule has 9 heteroatoms. The molecule has 3 rings (SSSR count). The lowest BCUT2D eigenvalue weighted by atomic mass is 10.2. The number of nitrogens with one attached hydrogen (secondary N) is 2. The van der Waals surface area contributed by atoms with Gasteiger partial charge in [-0.15, -0.1) is 0 Å². The lowest BCUT2D eigenvalue weighted by molar-refractivity contribution is -0.133. The Morgan fingerprint density at radius 3 is 2.48 bits per heavy atom. The van der Waals surface area contributed by atoms with Gasteiger partial charge in [0.2, 0.25) is 17.8 Å². The SMILES string of the molecule is O=C(CCC(=O)N1CCN(c2ccc(F)cc2)CC1)Nc1ncn[nH]1. The third kappa shape index (κ3) is 4.52. The molecule has 8 nitrogen and oxygen atoms in total. The molecule has 132 valence electrons. The van der Waals surface area contributed by atoms with Crippen molar-refractivity contribution in [1.82, 2.24) is 20.1 Å². The molecule has 1 aliphatic rings. The summed E-state index contributed by atoms with van der Waals surface area (Å²) in [7, 11) is 0. The Balaban J connectivity index is 1.42. The Labute approximate surface area is 144 Å². The average Bonchev–Trinajstić information content (AvgIpc) is 3.13. The van der Waals surface area contributed by atoms with Crippen LogP contribution in [-0.2, 0) is 9.59 Å². The van der Waals surface area contributed by atoms with Crippen molar-refractivity contribution in [1.29, 1.82) is 0 Å². The number of anilines is 2. The highest BCUT2D eigenvalue weighted by molar-refractivity contribution is 5.91. The van der Waals surface area contributed by atoms with Gasteiger partial charge in [0, 0.05) is 44.7 Å². The van der Waals surface area contributed by atoms with Crippen molar-refractivity contribution < 1.29 is 14.0 Å². The molecule has 2 heterocycles. The fraction of sp³-hybridized carbons (Fsp3) is 0.375. The Morgan fingerprint density at radius 1 is 1.12 bits per heavy atom. The summed E-state index contributed by atoms with van der Waals surface area (Å²) in [5.74, 6) is -0.326. The molecule has 0 saturated carbocycles. The molecule has 0 bridgehead atoms. The summed E-state index contributed by atoms with van der Waals surface area (Å²) in [6.45, 7) is 2.53. The molecule has 2 aromatic rings. The van der Waals surface area contributed by atoms with Gasteiger partial charge in [0.1, 0.15) is 12.1 Å². The van der Waals surface area contributed by atoms with E-state index in [1.54, 1.807) is 17.0 Å². The van der Waals surface area contributed by atoms with E-state index in [9.17, 15) is 14.0 Å².